The molecule has 78 valence electrons. The quantitative estimate of drug-likeness (QED) is 0.484. The van der Waals surface area contributed by atoms with E-state index in [4.69, 9.17) is 0 Å². The van der Waals surface area contributed by atoms with Crippen LogP contribution in [0.15, 0.2) is 12.2 Å². The van der Waals surface area contributed by atoms with Crippen LogP contribution >= 0.6 is 0 Å². The Kier molecular flexibility index (Phi) is 4.16. The van der Waals surface area contributed by atoms with E-state index in [2.05, 4.69) is 16.9 Å². The third-order valence-corrected chi connectivity index (χ3v) is 2.05. The minimum absolute atomic E-state index is 0.107. The maximum absolute atomic E-state index is 11.5. The molecule has 1 rings (SSSR count). The lowest BCUT2D eigenvalue weighted by Crippen LogP contribution is -2.35. The van der Waals surface area contributed by atoms with Crippen LogP contribution in [0.1, 0.15) is 19.8 Å². The molecule has 4 nitrogen and oxygen atoms in total. The van der Waals surface area contributed by atoms with Crippen LogP contribution in [0.25, 0.3) is 0 Å². The Morgan fingerprint density at radius 3 is 2.36 bits per heavy atom. The van der Waals surface area contributed by atoms with Crippen molar-refractivity contribution >= 4 is 11.9 Å². The standard InChI is InChI=1S/C10H15NO3/c1-9(12)14-8-10(13)11-6-4-2-3-5-7-11/h2-3H,4-8H2,1H3. The van der Waals surface area contributed by atoms with Crippen molar-refractivity contribution in [1.82, 2.24) is 4.90 Å². The van der Waals surface area contributed by atoms with Crippen LogP contribution in [0.5, 0.6) is 0 Å². The molecule has 4 heteroatoms. The summed E-state index contributed by atoms with van der Waals surface area (Å²) in [7, 11) is 0. The molecule has 1 aliphatic heterocycles. The summed E-state index contributed by atoms with van der Waals surface area (Å²) >= 11 is 0. The van der Waals surface area contributed by atoms with Crippen LogP contribution in [0, 0.1) is 0 Å². The fourth-order valence-electron chi connectivity index (χ4n) is 1.31. The van der Waals surface area contributed by atoms with E-state index in [9.17, 15) is 9.59 Å². The van der Waals surface area contributed by atoms with E-state index in [1.54, 1.807) is 4.90 Å². The highest BCUT2D eigenvalue weighted by Crippen LogP contribution is 2.03. The zero-order valence-electron chi connectivity index (χ0n) is 8.36. The SMILES string of the molecule is CC(=O)OCC(=O)N1CCC=CCC1. The van der Waals surface area contributed by atoms with Crippen molar-refractivity contribution in [2.75, 3.05) is 19.7 Å². The van der Waals surface area contributed by atoms with Crippen LogP contribution in [-0.4, -0.2) is 36.5 Å². The predicted octanol–water partition coefficient (Wildman–Crippen LogP) is 0.728. The number of esters is 1. The van der Waals surface area contributed by atoms with Gasteiger partial charge in [-0.25, -0.2) is 0 Å². The lowest BCUT2D eigenvalue weighted by Gasteiger charge is -2.19. The normalized spacial score (nSPS) is 16.2. The van der Waals surface area contributed by atoms with Gasteiger partial charge in [0.05, 0.1) is 0 Å². The van der Waals surface area contributed by atoms with E-state index >= 15 is 0 Å². The lowest BCUT2D eigenvalue weighted by molar-refractivity contribution is -0.150. The highest BCUT2D eigenvalue weighted by molar-refractivity contribution is 5.80. The molecule has 0 radical (unpaired) electrons. The topological polar surface area (TPSA) is 46.6 Å². The Morgan fingerprint density at radius 1 is 1.29 bits per heavy atom. The van der Waals surface area contributed by atoms with Gasteiger partial charge in [0.15, 0.2) is 6.61 Å². The smallest absolute Gasteiger partial charge is 0.303 e. The zero-order valence-corrected chi connectivity index (χ0v) is 8.36. The van der Waals surface area contributed by atoms with E-state index in [1.165, 1.54) is 6.92 Å². The third-order valence-electron chi connectivity index (χ3n) is 2.05. The zero-order chi connectivity index (χ0) is 10.4. The molecule has 0 unspecified atom stereocenters. The van der Waals surface area contributed by atoms with Gasteiger partial charge in [-0.05, 0) is 12.8 Å². The van der Waals surface area contributed by atoms with E-state index in [1.807, 2.05) is 0 Å². The molecule has 1 aliphatic rings. The highest BCUT2D eigenvalue weighted by atomic mass is 16.5. The molecule has 0 saturated heterocycles. The van der Waals surface area contributed by atoms with Crippen LogP contribution in [0.4, 0.5) is 0 Å². The minimum Gasteiger partial charge on any atom is -0.456 e. The summed E-state index contributed by atoms with van der Waals surface area (Å²) in [6.07, 6.45) is 5.90. The fourth-order valence-corrected chi connectivity index (χ4v) is 1.31. The number of hydrogen-bond acceptors (Lipinski definition) is 3. The number of amides is 1. The van der Waals surface area contributed by atoms with E-state index < -0.39 is 5.97 Å². The fraction of sp³-hybridized carbons (Fsp3) is 0.600. The summed E-state index contributed by atoms with van der Waals surface area (Å²) in [5.74, 6) is -0.518. The Balaban J connectivity index is 2.32. The Labute approximate surface area is 83.5 Å². The van der Waals surface area contributed by atoms with Gasteiger partial charge in [-0.15, -0.1) is 0 Å². The largest absolute Gasteiger partial charge is 0.456 e. The maximum atomic E-state index is 11.5. The van der Waals surface area contributed by atoms with E-state index in [0.717, 1.165) is 25.9 Å². The number of rotatable bonds is 2. The molecule has 0 aliphatic carbocycles. The van der Waals surface area contributed by atoms with Gasteiger partial charge in [0, 0.05) is 20.0 Å². The first-order valence-electron chi connectivity index (χ1n) is 4.76. The highest BCUT2D eigenvalue weighted by Gasteiger charge is 2.14. The van der Waals surface area contributed by atoms with Gasteiger partial charge in [0.2, 0.25) is 0 Å². The summed E-state index contributed by atoms with van der Waals surface area (Å²) < 4.78 is 4.65. The number of nitrogens with zero attached hydrogens (tertiary/aromatic N) is 1. The van der Waals surface area contributed by atoms with Crippen LogP contribution in [-0.2, 0) is 14.3 Å². The number of hydrogen-bond donors (Lipinski definition) is 0. The van der Waals surface area contributed by atoms with Gasteiger partial charge in [0.25, 0.3) is 5.91 Å². The second-order valence-electron chi connectivity index (χ2n) is 3.21. The molecular weight excluding hydrogens is 182 g/mol. The van der Waals surface area contributed by atoms with Gasteiger partial charge >= 0.3 is 5.97 Å². The Bertz CT molecular complexity index is 238. The molecule has 0 saturated carbocycles. The van der Waals surface area contributed by atoms with Gasteiger partial charge in [-0.2, -0.15) is 0 Å². The Morgan fingerprint density at radius 2 is 1.86 bits per heavy atom. The first-order chi connectivity index (χ1) is 6.70. The van der Waals surface area contributed by atoms with Gasteiger partial charge in [0.1, 0.15) is 0 Å². The average molecular weight is 197 g/mol. The number of carbonyl (C=O) groups excluding carboxylic acids is 2. The summed E-state index contributed by atoms with van der Waals surface area (Å²) in [4.78, 5) is 23.7. The second-order valence-corrected chi connectivity index (χ2v) is 3.21. The first-order valence-corrected chi connectivity index (χ1v) is 4.76. The van der Waals surface area contributed by atoms with Crippen molar-refractivity contribution < 1.29 is 14.3 Å². The molecule has 0 aromatic heterocycles. The van der Waals surface area contributed by atoms with Crippen molar-refractivity contribution in [2.45, 2.75) is 19.8 Å². The monoisotopic (exact) mass is 197 g/mol. The molecule has 0 bridgehead atoms. The van der Waals surface area contributed by atoms with Crippen molar-refractivity contribution in [3.8, 4) is 0 Å². The summed E-state index contributed by atoms with van der Waals surface area (Å²) in [5.41, 5.74) is 0. The molecule has 0 aromatic carbocycles. The van der Waals surface area contributed by atoms with Crippen molar-refractivity contribution in [2.24, 2.45) is 0 Å². The molecule has 1 amide bonds. The molecule has 1 heterocycles. The minimum atomic E-state index is -0.411. The molecule has 0 spiro atoms. The molecular formula is C10H15NO3. The molecule has 14 heavy (non-hydrogen) atoms. The van der Waals surface area contributed by atoms with Gasteiger partial charge < -0.3 is 9.64 Å². The third kappa shape index (κ3) is 3.60. The van der Waals surface area contributed by atoms with E-state index in [-0.39, 0.29) is 12.5 Å². The number of ether oxygens (including phenoxy) is 1. The molecule has 0 aromatic rings. The maximum Gasteiger partial charge on any atom is 0.303 e. The van der Waals surface area contributed by atoms with Crippen molar-refractivity contribution in [3.05, 3.63) is 12.2 Å². The van der Waals surface area contributed by atoms with E-state index in [0.29, 0.717) is 0 Å². The molecule has 0 fully saturated rings. The second kappa shape index (κ2) is 5.42. The number of carbonyl (C=O) groups is 2. The Hall–Kier alpha value is -1.32. The van der Waals surface area contributed by atoms with Crippen LogP contribution < -0.4 is 0 Å². The summed E-state index contributed by atoms with van der Waals surface area (Å²) in [5, 5.41) is 0. The predicted molar refractivity (Wildman–Crippen MR) is 51.6 cm³/mol. The molecule has 0 N–H and O–H groups in total. The van der Waals surface area contributed by atoms with Crippen molar-refractivity contribution in [1.29, 1.82) is 0 Å². The van der Waals surface area contributed by atoms with Crippen molar-refractivity contribution in [3.63, 3.8) is 0 Å². The summed E-state index contributed by atoms with van der Waals surface area (Å²) in [6.45, 7) is 2.61. The lowest BCUT2D eigenvalue weighted by atomic mass is 10.4. The van der Waals surface area contributed by atoms with Gasteiger partial charge in [-0.1, -0.05) is 12.2 Å². The molecule has 0 atom stereocenters. The first kappa shape index (κ1) is 10.8. The van der Waals surface area contributed by atoms with Crippen LogP contribution in [0.2, 0.25) is 0 Å². The average Bonchev–Trinajstić information content (AvgIpc) is 2.42. The summed E-state index contributed by atoms with van der Waals surface area (Å²) in [6, 6.07) is 0. The van der Waals surface area contributed by atoms with Crippen LogP contribution in [0.3, 0.4) is 0 Å². The van der Waals surface area contributed by atoms with Gasteiger partial charge in [-0.3, -0.25) is 9.59 Å².